The van der Waals surface area contributed by atoms with Crippen LogP contribution in [0.1, 0.15) is 12.0 Å². The summed E-state index contributed by atoms with van der Waals surface area (Å²) in [7, 11) is 1.40. The molecule has 1 aromatic rings. The molecule has 1 rings (SSSR count). The van der Waals surface area contributed by atoms with Crippen molar-refractivity contribution in [3.63, 3.8) is 0 Å². The van der Waals surface area contributed by atoms with Gasteiger partial charge in [0.2, 0.25) is 0 Å². The quantitative estimate of drug-likeness (QED) is 0.752. The van der Waals surface area contributed by atoms with Gasteiger partial charge in [-0.1, -0.05) is 17.9 Å². The summed E-state index contributed by atoms with van der Waals surface area (Å²) in [5.74, 6) is 3.51. The molecule has 0 atom stereocenters. The van der Waals surface area contributed by atoms with Crippen molar-refractivity contribution in [3.8, 4) is 17.6 Å². The van der Waals surface area contributed by atoms with Crippen molar-refractivity contribution in [2.24, 2.45) is 0 Å². The first-order chi connectivity index (χ1) is 7.15. The Morgan fingerprint density at radius 1 is 1.60 bits per heavy atom. The van der Waals surface area contributed by atoms with Gasteiger partial charge in [-0.15, -0.1) is 0 Å². The summed E-state index contributed by atoms with van der Waals surface area (Å²) in [6.07, 6.45) is -0.322. The van der Waals surface area contributed by atoms with Crippen LogP contribution in [-0.4, -0.2) is 18.2 Å². The number of carboxylic acids is 1. The summed E-state index contributed by atoms with van der Waals surface area (Å²) >= 11 is 0. The van der Waals surface area contributed by atoms with Crippen molar-refractivity contribution < 1.29 is 19.0 Å². The molecule has 0 saturated carbocycles. The van der Waals surface area contributed by atoms with Gasteiger partial charge in [-0.25, -0.2) is 4.39 Å². The zero-order valence-corrected chi connectivity index (χ0v) is 8.08. The number of methoxy groups -OCH3 is 1. The van der Waals surface area contributed by atoms with Crippen LogP contribution < -0.4 is 4.74 Å². The average molecular weight is 208 g/mol. The van der Waals surface area contributed by atoms with Crippen LogP contribution in [0.4, 0.5) is 4.39 Å². The molecule has 0 unspecified atom stereocenters. The molecule has 1 aromatic carbocycles. The van der Waals surface area contributed by atoms with Crippen molar-refractivity contribution in [2.45, 2.75) is 6.42 Å². The molecule has 0 radical (unpaired) electrons. The number of ether oxygens (including phenoxy) is 1. The van der Waals surface area contributed by atoms with Gasteiger partial charge in [0.1, 0.15) is 23.6 Å². The Balaban J connectivity index is 3.00. The highest BCUT2D eigenvalue weighted by Crippen LogP contribution is 2.19. The Morgan fingerprint density at radius 2 is 2.33 bits per heavy atom. The zero-order chi connectivity index (χ0) is 11.3. The highest BCUT2D eigenvalue weighted by atomic mass is 19.1. The molecule has 15 heavy (non-hydrogen) atoms. The maximum absolute atomic E-state index is 13.2. The van der Waals surface area contributed by atoms with Crippen molar-refractivity contribution in [3.05, 3.63) is 29.6 Å². The molecule has 0 aliphatic rings. The van der Waals surface area contributed by atoms with Crippen LogP contribution in [0.2, 0.25) is 0 Å². The maximum atomic E-state index is 13.2. The van der Waals surface area contributed by atoms with Gasteiger partial charge in [-0.05, 0) is 12.1 Å². The third-order valence-electron chi connectivity index (χ3n) is 1.65. The first kappa shape index (κ1) is 11.1. The Morgan fingerprint density at radius 3 is 2.93 bits per heavy atom. The van der Waals surface area contributed by atoms with E-state index in [1.807, 2.05) is 0 Å². The van der Waals surface area contributed by atoms with Crippen molar-refractivity contribution >= 4 is 5.97 Å². The average Bonchev–Trinajstić information content (AvgIpc) is 2.20. The molecule has 0 heterocycles. The third kappa shape index (κ3) is 2.99. The maximum Gasteiger partial charge on any atom is 0.315 e. The van der Waals surface area contributed by atoms with Gasteiger partial charge in [0.15, 0.2) is 0 Å². The predicted octanol–water partition coefficient (Wildman–Crippen LogP) is 1.66. The van der Waals surface area contributed by atoms with Gasteiger partial charge in [-0.2, -0.15) is 0 Å². The van der Waals surface area contributed by atoms with Crippen LogP contribution >= 0.6 is 0 Å². The molecule has 0 spiro atoms. The number of benzene rings is 1. The highest BCUT2D eigenvalue weighted by molar-refractivity contribution is 5.70. The van der Waals surface area contributed by atoms with E-state index in [4.69, 9.17) is 9.84 Å². The molecule has 3 nitrogen and oxygen atoms in total. The van der Waals surface area contributed by atoms with E-state index in [9.17, 15) is 9.18 Å². The van der Waals surface area contributed by atoms with Gasteiger partial charge in [0.05, 0.1) is 7.11 Å². The number of halogens is 1. The number of carbonyl (C=O) groups is 1. The minimum atomic E-state index is -1.04. The van der Waals surface area contributed by atoms with E-state index in [2.05, 4.69) is 11.8 Å². The van der Waals surface area contributed by atoms with E-state index < -0.39 is 11.8 Å². The highest BCUT2D eigenvalue weighted by Gasteiger charge is 2.05. The first-order valence-corrected chi connectivity index (χ1v) is 4.18. The van der Waals surface area contributed by atoms with Gasteiger partial charge >= 0.3 is 5.97 Å². The molecule has 0 saturated heterocycles. The normalized spacial score (nSPS) is 8.93. The largest absolute Gasteiger partial charge is 0.495 e. The smallest absolute Gasteiger partial charge is 0.315 e. The molecule has 4 heteroatoms. The van der Waals surface area contributed by atoms with E-state index in [0.29, 0.717) is 5.75 Å². The summed E-state index contributed by atoms with van der Waals surface area (Å²) < 4.78 is 18.1. The minimum Gasteiger partial charge on any atom is -0.495 e. The SMILES string of the molecule is COc1cccc(F)c1C#CCC(=O)O. The fraction of sp³-hybridized carbons (Fsp3) is 0.182. The van der Waals surface area contributed by atoms with Gasteiger partial charge in [0.25, 0.3) is 0 Å². The molecular formula is C11H9FO3. The summed E-state index contributed by atoms with van der Waals surface area (Å²) in [4.78, 5) is 10.2. The van der Waals surface area contributed by atoms with E-state index in [-0.39, 0.29) is 12.0 Å². The van der Waals surface area contributed by atoms with Crippen LogP contribution in [0, 0.1) is 17.7 Å². The van der Waals surface area contributed by atoms with Crippen molar-refractivity contribution in [1.82, 2.24) is 0 Å². The molecule has 0 aliphatic heterocycles. The lowest BCUT2D eigenvalue weighted by atomic mass is 10.2. The van der Waals surface area contributed by atoms with Crippen molar-refractivity contribution in [2.75, 3.05) is 7.11 Å². The minimum absolute atomic E-state index is 0.0845. The van der Waals surface area contributed by atoms with Crippen LogP contribution in [-0.2, 0) is 4.79 Å². The number of hydrogen-bond donors (Lipinski definition) is 1. The number of rotatable bonds is 2. The summed E-state index contributed by atoms with van der Waals surface area (Å²) in [6, 6.07) is 4.30. The number of hydrogen-bond acceptors (Lipinski definition) is 2. The molecule has 0 bridgehead atoms. The van der Waals surface area contributed by atoms with Gasteiger partial charge in [-0.3, -0.25) is 4.79 Å². The van der Waals surface area contributed by atoms with Crippen molar-refractivity contribution in [1.29, 1.82) is 0 Å². The molecule has 78 valence electrons. The summed E-state index contributed by atoms with van der Waals surface area (Å²) in [6.45, 7) is 0. The van der Waals surface area contributed by atoms with Crippen LogP contribution in [0.3, 0.4) is 0 Å². The number of carboxylic acid groups (broad SMARTS) is 1. The second kappa shape index (κ2) is 5.01. The molecule has 1 N–H and O–H groups in total. The Hall–Kier alpha value is -2.02. The topological polar surface area (TPSA) is 46.5 Å². The summed E-state index contributed by atoms with van der Waals surface area (Å²) in [5.41, 5.74) is 0.0845. The lowest BCUT2D eigenvalue weighted by Crippen LogP contribution is -1.93. The second-order valence-electron chi connectivity index (χ2n) is 2.69. The molecule has 0 aliphatic carbocycles. The van der Waals surface area contributed by atoms with E-state index in [0.717, 1.165) is 0 Å². The molecular weight excluding hydrogens is 199 g/mol. The van der Waals surface area contributed by atoms with Crippen LogP contribution in [0.15, 0.2) is 18.2 Å². The van der Waals surface area contributed by atoms with Crippen LogP contribution in [0.5, 0.6) is 5.75 Å². The van der Waals surface area contributed by atoms with E-state index in [1.54, 1.807) is 6.07 Å². The zero-order valence-electron chi connectivity index (χ0n) is 8.08. The fourth-order valence-electron chi connectivity index (χ4n) is 1.00. The molecule has 0 amide bonds. The Kier molecular flexibility index (Phi) is 3.69. The van der Waals surface area contributed by atoms with Gasteiger partial charge in [0, 0.05) is 0 Å². The Labute approximate surface area is 86.5 Å². The Bertz CT molecular complexity index is 429. The molecule has 0 aromatic heterocycles. The predicted molar refractivity (Wildman–Crippen MR) is 52.1 cm³/mol. The molecule has 0 fully saturated rings. The lowest BCUT2D eigenvalue weighted by molar-refractivity contribution is -0.135. The lowest BCUT2D eigenvalue weighted by Gasteiger charge is -2.02. The fourth-order valence-corrected chi connectivity index (χ4v) is 1.00. The van der Waals surface area contributed by atoms with Crippen LogP contribution in [0.25, 0.3) is 0 Å². The second-order valence-corrected chi connectivity index (χ2v) is 2.69. The third-order valence-corrected chi connectivity index (χ3v) is 1.65. The monoisotopic (exact) mass is 208 g/mol. The standard InChI is InChI=1S/C11H9FO3/c1-15-10-6-3-5-9(12)8(10)4-2-7-11(13)14/h3,5-6H,7H2,1H3,(H,13,14). The van der Waals surface area contributed by atoms with E-state index in [1.165, 1.54) is 19.2 Å². The van der Waals surface area contributed by atoms with Gasteiger partial charge < -0.3 is 9.84 Å². The van der Waals surface area contributed by atoms with E-state index >= 15 is 0 Å². The summed E-state index contributed by atoms with van der Waals surface area (Å²) in [5, 5.41) is 8.36. The number of aliphatic carboxylic acids is 1. The first-order valence-electron chi connectivity index (χ1n) is 4.18.